The number of aromatic amines is 1. The van der Waals surface area contributed by atoms with Crippen molar-refractivity contribution in [2.45, 2.75) is 26.8 Å². The summed E-state index contributed by atoms with van der Waals surface area (Å²) in [6.45, 7) is 5.09. The van der Waals surface area contributed by atoms with Crippen LogP contribution in [0.15, 0.2) is 35.5 Å². The van der Waals surface area contributed by atoms with Gasteiger partial charge in [-0.25, -0.2) is 14.4 Å². The number of para-hydroxylation sites is 1. The Labute approximate surface area is 155 Å². The molecule has 0 spiro atoms. The summed E-state index contributed by atoms with van der Waals surface area (Å²) in [5.74, 6) is -1.10. The van der Waals surface area contributed by atoms with Crippen LogP contribution in [0.3, 0.4) is 0 Å². The molecule has 1 aliphatic heterocycles. The lowest BCUT2D eigenvalue weighted by Crippen LogP contribution is -2.50. The fourth-order valence-electron chi connectivity index (χ4n) is 3.14. The molecule has 8 heteroatoms. The van der Waals surface area contributed by atoms with Crippen molar-refractivity contribution in [3.05, 3.63) is 46.8 Å². The van der Waals surface area contributed by atoms with Gasteiger partial charge in [0, 0.05) is 16.6 Å². The van der Waals surface area contributed by atoms with Crippen molar-refractivity contribution in [1.82, 2.24) is 15.6 Å². The Bertz CT molecular complexity index is 944. The number of aryl methyl sites for hydroxylation is 1. The minimum Gasteiger partial charge on any atom is -0.463 e. The number of benzene rings is 1. The van der Waals surface area contributed by atoms with Gasteiger partial charge in [0.05, 0.1) is 29.5 Å². The number of carbonyl (C=O) groups is 3. The Kier molecular flexibility index (Phi) is 5.16. The number of carbonyl (C=O) groups excluding carboxylic acids is 3. The first-order valence-corrected chi connectivity index (χ1v) is 8.64. The van der Waals surface area contributed by atoms with Crippen LogP contribution in [-0.4, -0.2) is 42.2 Å². The number of hydrogen-bond acceptors (Lipinski definition) is 5. The van der Waals surface area contributed by atoms with E-state index in [4.69, 9.17) is 9.47 Å². The van der Waals surface area contributed by atoms with Crippen LogP contribution in [0.4, 0.5) is 4.79 Å². The van der Waals surface area contributed by atoms with E-state index in [2.05, 4.69) is 15.6 Å². The van der Waals surface area contributed by atoms with Crippen LogP contribution in [0.5, 0.6) is 0 Å². The third-order valence-electron chi connectivity index (χ3n) is 4.31. The minimum atomic E-state index is -0.563. The number of rotatable bonds is 5. The average Bonchev–Trinajstić information content (AvgIpc) is 2.95. The summed E-state index contributed by atoms with van der Waals surface area (Å²) in [5.41, 5.74) is 2.40. The van der Waals surface area contributed by atoms with Gasteiger partial charge in [-0.15, -0.1) is 0 Å². The Balaban J connectivity index is 1.85. The molecule has 1 aliphatic rings. The Morgan fingerprint density at radius 3 is 2.63 bits per heavy atom. The molecule has 142 valence electrons. The van der Waals surface area contributed by atoms with Crippen LogP contribution >= 0.6 is 0 Å². The molecule has 0 aliphatic carbocycles. The number of fused-ring (bicyclic) bond motifs is 1. The van der Waals surface area contributed by atoms with Crippen LogP contribution in [0.25, 0.3) is 10.9 Å². The number of ether oxygens (including phenoxy) is 2. The maximum Gasteiger partial charge on any atom is 0.340 e. The van der Waals surface area contributed by atoms with E-state index in [0.717, 1.165) is 10.9 Å². The zero-order valence-electron chi connectivity index (χ0n) is 15.3. The third kappa shape index (κ3) is 3.64. The molecule has 8 nitrogen and oxygen atoms in total. The molecule has 0 bridgehead atoms. The smallest absolute Gasteiger partial charge is 0.340 e. The molecular formula is C19H21N3O5. The van der Waals surface area contributed by atoms with Crippen LogP contribution < -0.4 is 10.6 Å². The summed E-state index contributed by atoms with van der Waals surface area (Å²) < 4.78 is 10.4. The Morgan fingerprint density at radius 2 is 1.89 bits per heavy atom. The Hall–Kier alpha value is -3.29. The number of amides is 2. The van der Waals surface area contributed by atoms with Crippen molar-refractivity contribution >= 4 is 28.9 Å². The highest BCUT2D eigenvalue weighted by Crippen LogP contribution is 2.23. The van der Waals surface area contributed by atoms with Crippen LogP contribution in [0.2, 0.25) is 0 Å². The van der Waals surface area contributed by atoms with Gasteiger partial charge in [0.1, 0.15) is 6.61 Å². The largest absolute Gasteiger partial charge is 0.463 e. The number of esters is 2. The molecule has 0 saturated heterocycles. The van der Waals surface area contributed by atoms with Crippen molar-refractivity contribution in [3.63, 3.8) is 0 Å². The molecule has 1 atom stereocenters. The van der Waals surface area contributed by atoms with Crippen LogP contribution in [0.1, 0.15) is 29.9 Å². The number of hydrogen-bond donors (Lipinski definition) is 3. The molecule has 1 aromatic heterocycles. The van der Waals surface area contributed by atoms with E-state index in [1.54, 1.807) is 20.8 Å². The summed E-state index contributed by atoms with van der Waals surface area (Å²) in [7, 11) is 0. The molecule has 3 rings (SSSR count). The molecule has 27 heavy (non-hydrogen) atoms. The van der Waals surface area contributed by atoms with Gasteiger partial charge in [0.25, 0.3) is 0 Å². The first kappa shape index (κ1) is 18.5. The van der Waals surface area contributed by atoms with Crippen molar-refractivity contribution in [2.75, 3.05) is 13.2 Å². The van der Waals surface area contributed by atoms with Gasteiger partial charge in [-0.3, -0.25) is 0 Å². The molecule has 1 aromatic carbocycles. The maximum absolute atomic E-state index is 12.6. The summed E-state index contributed by atoms with van der Waals surface area (Å²) in [4.78, 5) is 39.7. The molecule has 0 saturated carbocycles. The highest BCUT2D eigenvalue weighted by Gasteiger charge is 2.30. The van der Waals surface area contributed by atoms with E-state index in [0.29, 0.717) is 11.3 Å². The zero-order valence-corrected chi connectivity index (χ0v) is 15.3. The highest BCUT2D eigenvalue weighted by atomic mass is 16.5. The molecule has 0 radical (unpaired) electrons. The predicted molar refractivity (Wildman–Crippen MR) is 98.1 cm³/mol. The van der Waals surface area contributed by atoms with E-state index in [9.17, 15) is 14.4 Å². The van der Waals surface area contributed by atoms with E-state index in [-0.39, 0.29) is 24.5 Å². The van der Waals surface area contributed by atoms with E-state index in [1.165, 1.54) is 0 Å². The lowest BCUT2D eigenvalue weighted by Gasteiger charge is -2.26. The molecular weight excluding hydrogens is 350 g/mol. The fraction of sp³-hybridized carbons (Fsp3) is 0.316. The molecule has 2 amide bonds. The molecule has 3 N–H and O–H groups in total. The third-order valence-corrected chi connectivity index (χ3v) is 4.31. The number of urea groups is 1. The highest BCUT2D eigenvalue weighted by molar-refractivity contribution is 6.05. The van der Waals surface area contributed by atoms with Crippen molar-refractivity contribution < 1.29 is 23.9 Å². The Morgan fingerprint density at radius 1 is 1.15 bits per heavy atom. The van der Waals surface area contributed by atoms with Gasteiger partial charge in [-0.2, -0.15) is 0 Å². The quantitative estimate of drug-likeness (QED) is 0.698. The average molecular weight is 371 g/mol. The van der Waals surface area contributed by atoms with Crippen LogP contribution in [0, 0.1) is 6.92 Å². The molecule has 2 heterocycles. The number of nitrogens with one attached hydrogen (secondary N) is 3. The van der Waals surface area contributed by atoms with Gasteiger partial charge in [-0.05, 0) is 26.8 Å². The summed E-state index contributed by atoms with van der Waals surface area (Å²) in [5, 5.41) is 5.88. The normalized spacial score (nSPS) is 16.7. The standard InChI is InChI=1S/C19H21N3O5/c1-4-26-18(24)16-11(3)21-19(25)22-14(16)9-27-17(23)15-10(2)20-13-8-6-5-7-12(13)15/h5-8,11,20H,4,9H2,1-3H3,(H2,21,22,25). The lowest BCUT2D eigenvalue weighted by molar-refractivity contribution is -0.139. The topological polar surface area (TPSA) is 110 Å². The van der Waals surface area contributed by atoms with Crippen molar-refractivity contribution in [1.29, 1.82) is 0 Å². The molecule has 1 unspecified atom stereocenters. The second-order valence-corrected chi connectivity index (χ2v) is 6.18. The fourth-order valence-corrected chi connectivity index (χ4v) is 3.14. The predicted octanol–water partition coefficient (Wildman–Crippen LogP) is 2.15. The first-order chi connectivity index (χ1) is 12.9. The monoisotopic (exact) mass is 371 g/mol. The summed E-state index contributed by atoms with van der Waals surface area (Å²) >= 11 is 0. The van der Waals surface area contributed by atoms with Crippen molar-refractivity contribution in [3.8, 4) is 0 Å². The summed E-state index contributed by atoms with van der Waals surface area (Å²) in [6, 6.07) is 6.38. The second-order valence-electron chi connectivity index (χ2n) is 6.18. The van der Waals surface area contributed by atoms with Crippen molar-refractivity contribution in [2.24, 2.45) is 0 Å². The van der Waals surface area contributed by atoms with E-state index in [1.807, 2.05) is 24.3 Å². The van der Waals surface area contributed by atoms with Gasteiger partial charge < -0.3 is 25.1 Å². The molecule has 2 aromatic rings. The van der Waals surface area contributed by atoms with E-state index < -0.39 is 24.0 Å². The van der Waals surface area contributed by atoms with Gasteiger partial charge in [-0.1, -0.05) is 18.2 Å². The number of aromatic nitrogens is 1. The molecule has 0 fully saturated rings. The number of H-pyrrole nitrogens is 1. The summed E-state index contributed by atoms with van der Waals surface area (Å²) in [6.07, 6.45) is 0. The first-order valence-electron chi connectivity index (χ1n) is 8.64. The van der Waals surface area contributed by atoms with E-state index >= 15 is 0 Å². The minimum absolute atomic E-state index is 0.199. The SMILES string of the molecule is CCOC(=O)C1=C(COC(=O)c2c(C)[nH]c3ccccc23)NC(=O)NC1C. The van der Waals surface area contributed by atoms with Gasteiger partial charge >= 0.3 is 18.0 Å². The zero-order chi connectivity index (χ0) is 19.6. The van der Waals surface area contributed by atoms with Crippen LogP contribution in [-0.2, 0) is 14.3 Å². The second kappa shape index (κ2) is 7.53. The lowest BCUT2D eigenvalue weighted by atomic mass is 10.0. The van der Waals surface area contributed by atoms with Gasteiger partial charge in [0.2, 0.25) is 0 Å². The maximum atomic E-state index is 12.6. The van der Waals surface area contributed by atoms with Gasteiger partial charge in [0.15, 0.2) is 0 Å².